The van der Waals surface area contributed by atoms with Crippen molar-refractivity contribution < 1.29 is 37.6 Å². The summed E-state index contributed by atoms with van der Waals surface area (Å²) in [6, 6.07) is 0. The van der Waals surface area contributed by atoms with Crippen LogP contribution in [0.1, 0.15) is 0 Å². The van der Waals surface area contributed by atoms with Gasteiger partial charge in [0.05, 0.1) is 0 Å². The average Bonchev–Trinajstić information content (AvgIpc) is 1.46. The van der Waals surface area contributed by atoms with Crippen molar-refractivity contribution in [2.75, 3.05) is 0 Å². The Kier molecular flexibility index (Phi) is 38.2. The van der Waals surface area contributed by atoms with Gasteiger partial charge in [0.2, 0.25) is 0 Å². The Labute approximate surface area is 47.9 Å². The average molecular weight is 177 g/mol. The molecule has 0 spiro atoms. The minimum absolute atomic E-state index is 1.44. The van der Waals surface area contributed by atoms with Crippen molar-refractivity contribution in [3.05, 3.63) is 0 Å². The van der Waals surface area contributed by atoms with Gasteiger partial charge in [-0.25, -0.2) is 0 Å². The van der Waals surface area contributed by atoms with E-state index in [4.69, 9.17) is 7.67 Å². The first-order valence-electron chi connectivity index (χ1n) is 0.451. The molecule has 0 bridgehead atoms. The van der Waals surface area contributed by atoms with Crippen LogP contribution in [0.5, 0.6) is 0 Å². The minimum atomic E-state index is -1.44. The molecule has 33 valence electrons. The van der Waals surface area contributed by atoms with Crippen molar-refractivity contribution >= 4 is 10.1 Å². The zero-order valence-electron chi connectivity index (χ0n) is 1.95. The Morgan fingerprint density at radius 1 is 1.40 bits per heavy atom. The summed E-state index contributed by atoms with van der Waals surface area (Å²) in [6.45, 7) is 0. The van der Waals surface area contributed by atoms with E-state index in [-0.39, 0.29) is 0 Å². The van der Waals surface area contributed by atoms with Gasteiger partial charge >= 0.3 is 47.7 Å². The van der Waals surface area contributed by atoms with Crippen LogP contribution in [0.2, 0.25) is 0 Å². The van der Waals surface area contributed by atoms with Crippen LogP contribution < -0.4 is 0 Å². The molecule has 0 rings (SSSR count). The topological polar surface area (TPSA) is 34.1 Å². The number of rotatable bonds is 0. The van der Waals surface area contributed by atoms with Gasteiger partial charge in [-0.1, -0.05) is 0 Å². The molecule has 0 unspecified atom stereocenters. The van der Waals surface area contributed by atoms with Crippen LogP contribution in [-0.4, -0.2) is 0 Å². The summed E-state index contributed by atoms with van der Waals surface area (Å²) in [7, 11) is 4.45. The fourth-order valence-corrected chi connectivity index (χ4v) is 0. The molecule has 0 aliphatic heterocycles. The second-order valence-electron chi connectivity index (χ2n) is 0.0630. The summed E-state index contributed by atoms with van der Waals surface area (Å²) in [5.41, 5.74) is 0. The third-order valence-electron chi connectivity index (χ3n) is 0. The van der Waals surface area contributed by atoms with Crippen LogP contribution in [0.15, 0.2) is 0 Å². The van der Waals surface area contributed by atoms with Crippen LogP contribution in [-0.2, 0) is 37.6 Å². The van der Waals surface area contributed by atoms with Gasteiger partial charge in [0, 0.05) is 0 Å². The predicted molar refractivity (Wildman–Crippen MR) is 7.23 cm³/mol. The fraction of sp³-hybridized carbons (Fsp3) is 0. The van der Waals surface area contributed by atoms with Gasteiger partial charge in [0.15, 0.2) is 0 Å². The summed E-state index contributed by atoms with van der Waals surface area (Å²) < 4.78 is 16.8. The molecule has 0 aromatic heterocycles. The Morgan fingerprint density at radius 2 is 1.40 bits per heavy atom. The number of hydrogen-bond donors (Lipinski definition) is 0. The molecule has 0 saturated carbocycles. The third kappa shape index (κ3) is 49.0. The van der Waals surface area contributed by atoms with E-state index in [9.17, 15) is 0 Å². The molecule has 5 heavy (non-hydrogen) atoms. The summed E-state index contributed by atoms with van der Waals surface area (Å²) >= 11 is 0.972. The van der Waals surface area contributed by atoms with Gasteiger partial charge < -0.3 is 0 Å². The molecule has 0 aliphatic rings. The van der Waals surface area contributed by atoms with E-state index >= 15 is 0 Å². The van der Waals surface area contributed by atoms with Crippen LogP contribution in [0.4, 0.5) is 0 Å². The van der Waals surface area contributed by atoms with Gasteiger partial charge in [-0.3, -0.25) is 0 Å². The van der Waals surface area contributed by atoms with Crippen LogP contribution in [0.3, 0.4) is 0 Å². The summed E-state index contributed by atoms with van der Waals surface area (Å²) in [5, 5.41) is 0. The van der Waals surface area contributed by atoms with Gasteiger partial charge in [0.25, 0.3) is 0 Å². The van der Waals surface area contributed by atoms with E-state index in [1.807, 2.05) is 0 Å². The molecule has 0 N–H and O–H groups in total. The molecule has 0 radical (unpaired) electrons. The van der Waals surface area contributed by atoms with E-state index in [1.54, 1.807) is 0 Å². The summed E-state index contributed by atoms with van der Waals surface area (Å²) in [6.07, 6.45) is 0. The molecule has 0 amide bonds. The molecule has 0 saturated heterocycles. The van der Waals surface area contributed by atoms with Crippen molar-refractivity contribution in [2.45, 2.75) is 0 Å². The molecule has 5 heteroatoms. The Hall–Kier alpha value is 0.929. The van der Waals surface area contributed by atoms with Crippen molar-refractivity contribution in [3.63, 3.8) is 0 Å². The molecule has 0 aromatic carbocycles. The molecule has 0 heterocycles. The van der Waals surface area contributed by atoms with E-state index in [2.05, 4.69) is 25.2 Å². The van der Waals surface area contributed by atoms with Crippen molar-refractivity contribution in [3.8, 4) is 0 Å². The predicted octanol–water partition coefficient (Wildman–Crippen LogP) is 0.447. The van der Waals surface area contributed by atoms with Crippen molar-refractivity contribution in [1.82, 2.24) is 0 Å². The van der Waals surface area contributed by atoms with Crippen molar-refractivity contribution in [1.29, 1.82) is 0 Å². The van der Waals surface area contributed by atoms with E-state index in [1.165, 1.54) is 0 Å². The fourth-order valence-electron chi connectivity index (χ4n) is 0. The first kappa shape index (κ1) is 9.33. The summed E-state index contributed by atoms with van der Waals surface area (Å²) in [5.74, 6) is 0. The van der Waals surface area contributed by atoms with Gasteiger partial charge in [0.1, 0.15) is 0 Å². The van der Waals surface area contributed by atoms with Crippen LogP contribution in [0.25, 0.3) is 0 Å². The zero-order chi connectivity index (χ0) is 4.71. The quantitative estimate of drug-likeness (QED) is 0.503. The SMILES string of the molecule is [Cl][Mn].[O]=[Mn]=[O]. The zero-order valence-corrected chi connectivity index (χ0v) is 5.07. The monoisotopic (exact) mass is 177 g/mol. The Balaban J connectivity index is 0. The normalized spacial score (nSPS) is 3.60. The number of hydrogen-bond acceptors (Lipinski definition) is 2. The Bertz CT molecular complexity index is 28.6. The maximum absolute atomic E-state index is 8.41. The molecular weight excluding hydrogens is 177 g/mol. The van der Waals surface area contributed by atoms with E-state index < -0.39 is 14.8 Å². The van der Waals surface area contributed by atoms with Gasteiger partial charge in [-0.15, -0.1) is 0 Å². The Morgan fingerprint density at radius 3 is 1.40 bits per heavy atom. The van der Waals surface area contributed by atoms with Gasteiger partial charge in [-0.05, 0) is 0 Å². The first-order valence-corrected chi connectivity index (χ1v) is 3.04. The molecular formula is ClMn2O2. The first-order chi connectivity index (χ1) is 2.41. The van der Waals surface area contributed by atoms with E-state index in [0.29, 0.717) is 0 Å². The molecule has 0 aliphatic carbocycles. The molecule has 0 atom stereocenters. The second kappa shape index (κ2) is 20.4. The molecule has 0 aromatic rings. The standard InChI is InChI=1S/ClH.2Mn.2O/h1H;;;;/q;;+1;;/p-1. The molecule has 2 nitrogen and oxygen atoms in total. The molecule has 0 fully saturated rings. The number of halogens is 1. The maximum atomic E-state index is 8.41. The van der Waals surface area contributed by atoms with Gasteiger partial charge in [-0.2, -0.15) is 0 Å². The summed E-state index contributed by atoms with van der Waals surface area (Å²) in [4.78, 5) is 0. The van der Waals surface area contributed by atoms with E-state index in [0.717, 1.165) is 0 Å². The van der Waals surface area contributed by atoms with Crippen molar-refractivity contribution in [2.24, 2.45) is 0 Å². The van der Waals surface area contributed by atoms with Crippen LogP contribution >= 0.6 is 10.1 Å². The second-order valence-corrected chi connectivity index (χ2v) is 0.260. The third-order valence-corrected chi connectivity index (χ3v) is 0. The van der Waals surface area contributed by atoms with Crippen LogP contribution in [0, 0.1) is 0 Å².